The molecule has 0 spiro atoms. The van der Waals surface area contributed by atoms with Crippen molar-refractivity contribution in [2.24, 2.45) is 0 Å². The van der Waals surface area contributed by atoms with Gasteiger partial charge in [-0.25, -0.2) is 0 Å². The number of rotatable bonds is 7. The molecular formula is C14H22BrNS. The van der Waals surface area contributed by atoms with E-state index in [0.717, 1.165) is 6.54 Å². The Kier molecular flexibility index (Phi) is 7.24. The van der Waals surface area contributed by atoms with Crippen LogP contribution in [0, 0.1) is 0 Å². The second-order valence-electron chi connectivity index (χ2n) is 4.22. The Balaban J connectivity index is 2.57. The molecular weight excluding hydrogens is 294 g/mol. The molecule has 0 aliphatic heterocycles. The van der Waals surface area contributed by atoms with Crippen LogP contribution in [0.2, 0.25) is 0 Å². The molecule has 1 nitrogen and oxygen atoms in total. The van der Waals surface area contributed by atoms with Crippen LogP contribution in [0.25, 0.3) is 0 Å². The Morgan fingerprint density at radius 1 is 1.29 bits per heavy atom. The Morgan fingerprint density at radius 2 is 2.00 bits per heavy atom. The zero-order chi connectivity index (χ0) is 12.7. The Hall–Kier alpha value is 0.01000. The minimum atomic E-state index is 0.588. The van der Waals surface area contributed by atoms with Crippen LogP contribution in [0.15, 0.2) is 33.6 Å². The van der Waals surface area contributed by atoms with E-state index in [0.29, 0.717) is 11.3 Å². The minimum absolute atomic E-state index is 0.588. The van der Waals surface area contributed by atoms with Gasteiger partial charge in [-0.15, -0.1) is 11.8 Å². The molecule has 2 atom stereocenters. The second kappa shape index (κ2) is 8.17. The largest absolute Gasteiger partial charge is 0.313 e. The van der Waals surface area contributed by atoms with Gasteiger partial charge in [0.15, 0.2) is 0 Å². The van der Waals surface area contributed by atoms with Crippen LogP contribution in [0.4, 0.5) is 0 Å². The first-order valence-electron chi connectivity index (χ1n) is 6.33. The molecule has 96 valence electrons. The summed E-state index contributed by atoms with van der Waals surface area (Å²) in [6.07, 6.45) is 2.38. The monoisotopic (exact) mass is 315 g/mol. The summed E-state index contributed by atoms with van der Waals surface area (Å²) in [5.74, 6) is 0. The third-order valence-corrected chi connectivity index (χ3v) is 5.08. The second-order valence-corrected chi connectivity index (χ2v) is 6.50. The number of thioether (sulfide) groups is 1. The molecule has 0 aromatic heterocycles. The lowest BCUT2D eigenvalue weighted by atomic mass is 10.1. The van der Waals surface area contributed by atoms with Crippen molar-refractivity contribution >= 4 is 27.7 Å². The first-order valence-corrected chi connectivity index (χ1v) is 8.00. The molecule has 1 aromatic rings. The van der Waals surface area contributed by atoms with Crippen LogP contribution in [0.3, 0.4) is 0 Å². The molecule has 0 aliphatic carbocycles. The molecule has 0 amide bonds. The summed E-state index contributed by atoms with van der Waals surface area (Å²) in [5, 5.41) is 4.21. The van der Waals surface area contributed by atoms with E-state index in [2.05, 4.69) is 66.3 Å². The number of hydrogen-bond acceptors (Lipinski definition) is 2. The summed E-state index contributed by atoms with van der Waals surface area (Å²) in [6.45, 7) is 7.88. The van der Waals surface area contributed by atoms with Gasteiger partial charge < -0.3 is 5.32 Å². The van der Waals surface area contributed by atoms with Crippen molar-refractivity contribution in [3.8, 4) is 0 Å². The molecule has 1 N–H and O–H groups in total. The van der Waals surface area contributed by atoms with Crippen molar-refractivity contribution in [3.63, 3.8) is 0 Å². The maximum absolute atomic E-state index is 3.62. The molecule has 0 saturated heterocycles. The summed E-state index contributed by atoms with van der Waals surface area (Å²) >= 11 is 5.55. The summed E-state index contributed by atoms with van der Waals surface area (Å²) in [5.41, 5.74) is 0. The SMILES string of the molecule is CCCNC(CC)C(C)Sc1ccccc1Br. The molecule has 17 heavy (non-hydrogen) atoms. The standard InChI is InChI=1S/C14H22BrNS/c1-4-10-16-13(5-2)11(3)17-14-9-7-6-8-12(14)15/h6-9,11,13,16H,4-5,10H2,1-3H3. The van der Waals surface area contributed by atoms with E-state index in [9.17, 15) is 0 Å². The fourth-order valence-electron chi connectivity index (χ4n) is 1.79. The molecule has 0 radical (unpaired) electrons. The van der Waals surface area contributed by atoms with Crippen molar-refractivity contribution < 1.29 is 0 Å². The van der Waals surface area contributed by atoms with Crippen LogP contribution >= 0.6 is 27.7 Å². The highest BCUT2D eigenvalue weighted by Crippen LogP contribution is 2.32. The summed E-state index contributed by atoms with van der Waals surface area (Å²) < 4.78 is 1.20. The lowest BCUT2D eigenvalue weighted by Gasteiger charge is -2.23. The molecule has 1 rings (SSSR count). The van der Waals surface area contributed by atoms with Crippen LogP contribution in [0.5, 0.6) is 0 Å². The predicted octanol–water partition coefficient (Wildman–Crippen LogP) is 4.71. The van der Waals surface area contributed by atoms with Crippen LogP contribution in [-0.2, 0) is 0 Å². The molecule has 0 saturated carbocycles. The van der Waals surface area contributed by atoms with E-state index in [4.69, 9.17) is 0 Å². The number of benzene rings is 1. The van der Waals surface area contributed by atoms with E-state index in [1.807, 2.05) is 11.8 Å². The first kappa shape index (κ1) is 15.1. The third-order valence-electron chi connectivity index (χ3n) is 2.81. The van der Waals surface area contributed by atoms with E-state index in [1.54, 1.807) is 0 Å². The highest BCUT2D eigenvalue weighted by molar-refractivity contribution is 9.10. The highest BCUT2D eigenvalue weighted by atomic mass is 79.9. The Bertz CT molecular complexity index is 330. The Morgan fingerprint density at radius 3 is 2.59 bits per heavy atom. The Labute approximate surface area is 118 Å². The number of hydrogen-bond donors (Lipinski definition) is 1. The summed E-state index contributed by atoms with van der Waals surface area (Å²) in [6, 6.07) is 9.03. The summed E-state index contributed by atoms with van der Waals surface area (Å²) in [4.78, 5) is 1.33. The molecule has 2 unspecified atom stereocenters. The quantitative estimate of drug-likeness (QED) is 0.731. The van der Waals surface area contributed by atoms with E-state index in [-0.39, 0.29) is 0 Å². The minimum Gasteiger partial charge on any atom is -0.313 e. The number of halogens is 1. The molecule has 0 heterocycles. The highest BCUT2D eigenvalue weighted by Gasteiger charge is 2.16. The fraction of sp³-hybridized carbons (Fsp3) is 0.571. The van der Waals surface area contributed by atoms with Crippen LogP contribution in [0.1, 0.15) is 33.6 Å². The van der Waals surface area contributed by atoms with E-state index in [1.165, 1.54) is 22.2 Å². The van der Waals surface area contributed by atoms with Crippen molar-refractivity contribution in [1.29, 1.82) is 0 Å². The van der Waals surface area contributed by atoms with Gasteiger partial charge in [-0.3, -0.25) is 0 Å². The van der Waals surface area contributed by atoms with Gasteiger partial charge >= 0.3 is 0 Å². The van der Waals surface area contributed by atoms with Gasteiger partial charge in [0, 0.05) is 20.7 Å². The number of nitrogens with one attached hydrogen (secondary N) is 1. The van der Waals surface area contributed by atoms with Crippen molar-refractivity contribution in [1.82, 2.24) is 5.32 Å². The van der Waals surface area contributed by atoms with Crippen molar-refractivity contribution in [2.45, 2.75) is 49.8 Å². The molecule has 3 heteroatoms. The predicted molar refractivity (Wildman–Crippen MR) is 81.8 cm³/mol. The zero-order valence-corrected chi connectivity index (χ0v) is 13.3. The van der Waals surface area contributed by atoms with Gasteiger partial charge in [-0.1, -0.05) is 32.9 Å². The van der Waals surface area contributed by atoms with Crippen molar-refractivity contribution in [3.05, 3.63) is 28.7 Å². The molecule has 0 bridgehead atoms. The molecule has 0 aliphatic rings. The van der Waals surface area contributed by atoms with Gasteiger partial charge in [0.2, 0.25) is 0 Å². The van der Waals surface area contributed by atoms with Gasteiger partial charge in [-0.2, -0.15) is 0 Å². The maximum atomic E-state index is 3.62. The first-order chi connectivity index (χ1) is 8.19. The van der Waals surface area contributed by atoms with E-state index < -0.39 is 0 Å². The zero-order valence-electron chi connectivity index (χ0n) is 10.9. The normalized spacial score (nSPS) is 14.6. The fourth-order valence-corrected chi connectivity index (χ4v) is 3.55. The smallest absolute Gasteiger partial charge is 0.0311 e. The third kappa shape index (κ3) is 5.02. The lowest BCUT2D eigenvalue weighted by Crippen LogP contribution is -2.36. The van der Waals surface area contributed by atoms with Gasteiger partial charge in [-0.05, 0) is 47.4 Å². The maximum Gasteiger partial charge on any atom is 0.0311 e. The topological polar surface area (TPSA) is 12.0 Å². The average molecular weight is 316 g/mol. The van der Waals surface area contributed by atoms with Crippen LogP contribution in [-0.4, -0.2) is 17.8 Å². The molecule has 0 fully saturated rings. The molecule has 1 aromatic carbocycles. The van der Waals surface area contributed by atoms with Crippen molar-refractivity contribution in [2.75, 3.05) is 6.54 Å². The van der Waals surface area contributed by atoms with E-state index >= 15 is 0 Å². The summed E-state index contributed by atoms with van der Waals surface area (Å²) in [7, 11) is 0. The average Bonchev–Trinajstić information content (AvgIpc) is 2.33. The lowest BCUT2D eigenvalue weighted by molar-refractivity contribution is 0.494. The van der Waals surface area contributed by atoms with Gasteiger partial charge in [0.1, 0.15) is 0 Å². The van der Waals surface area contributed by atoms with Crippen LogP contribution < -0.4 is 5.32 Å². The van der Waals surface area contributed by atoms with Gasteiger partial charge in [0.05, 0.1) is 0 Å². The van der Waals surface area contributed by atoms with Gasteiger partial charge in [0.25, 0.3) is 0 Å².